The van der Waals surface area contributed by atoms with Gasteiger partial charge in [-0.1, -0.05) is 11.6 Å². The Hall–Kier alpha value is -0.600. The van der Waals surface area contributed by atoms with Crippen LogP contribution in [0.25, 0.3) is 0 Å². The van der Waals surface area contributed by atoms with Crippen molar-refractivity contribution in [2.75, 3.05) is 0 Å². The molecular formula is C10H12ClNO. The number of nitrogens with zero attached hydrogens (tertiary/aromatic N) is 1. The average Bonchev–Trinajstić information content (AvgIpc) is 2.83. The van der Waals surface area contributed by atoms with Gasteiger partial charge in [-0.05, 0) is 37.3 Å². The molecule has 0 aliphatic heterocycles. The van der Waals surface area contributed by atoms with E-state index in [0.29, 0.717) is 5.02 Å². The number of aromatic nitrogens is 1. The van der Waals surface area contributed by atoms with Crippen LogP contribution >= 0.6 is 11.6 Å². The van der Waals surface area contributed by atoms with Crippen molar-refractivity contribution in [3.05, 3.63) is 29.0 Å². The number of aliphatic hydroxyl groups is 1. The van der Waals surface area contributed by atoms with Crippen LogP contribution in [0, 0.1) is 0 Å². The van der Waals surface area contributed by atoms with Crippen molar-refractivity contribution in [2.45, 2.75) is 31.3 Å². The molecular weight excluding hydrogens is 186 g/mol. The molecule has 0 aromatic carbocycles. The molecule has 2 rings (SSSR count). The van der Waals surface area contributed by atoms with Crippen molar-refractivity contribution in [1.82, 2.24) is 4.98 Å². The molecule has 1 saturated carbocycles. The Labute approximate surface area is 82.6 Å². The van der Waals surface area contributed by atoms with Crippen molar-refractivity contribution >= 4 is 11.6 Å². The summed E-state index contributed by atoms with van der Waals surface area (Å²) in [6.45, 7) is 0. The molecule has 1 aromatic heterocycles. The van der Waals surface area contributed by atoms with Crippen LogP contribution < -0.4 is 0 Å². The van der Waals surface area contributed by atoms with E-state index in [-0.39, 0.29) is 5.60 Å². The first kappa shape index (κ1) is 8.97. The molecule has 1 aliphatic rings. The highest BCUT2D eigenvalue weighted by atomic mass is 35.5. The molecule has 0 saturated heterocycles. The smallest absolute Gasteiger partial charge is 0.0653 e. The van der Waals surface area contributed by atoms with E-state index in [1.54, 1.807) is 12.4 Å². The third-order valence-corrected chi connectivity index (χ3v) is 2.88. The summed E-state index contributed by atoms with van der Waals surface area (Å²) in [4.78, 5) is 3.91. The SMILES string of the molecule is OC1(CCc2ccncc2Cl)CC1. The van der Waals surface area contributed by atoms with E-state index in [4.69, 9.17) is 11.6 Å². The minimum atomic E-state index is -0.382. The van der Waals surface area contributed by atoms with Gasteiger partial charge in [0.2, 0.25) is 0 Å². The summed E-state index contributed by atoms with van der Waals surface area (Å²) in [5, 5.41) is 10.3. The van der Waals surface area contributed by atoms with Gasteiger partial charge in [0, 0.05) is 12.4 Å². The zero-order chi connectivity index (χ0) is 9.31. The van der Waals surface area contributed by atoms with Gasteiger partial charge in [-0.3, -0.25) is 4.98 Å². The van der Waals surface area contributed by atoms with Crippen molar-refractivity contribution in [3.8, 4) is 0 Å². The molecule has 0 amide bonds. The average molecular weight is 198 g/mol. The number of pyridine rings is 1. The van der Waals surface area contributed by atoms with E-state index in [0.717, 1.165) is 31.2 Å². The predicted molar refractivity (Wildman–Crippen MR) is 51.8 cm³/mol. The van der Waals surface area contributed by atoms with Crippen LogP contribution in [0.3, 0.4) is 0 Å². The molecule has 1 aromatic rings. The summed E-state index contributed by atoms with van der Waals surface area (Å²) in [5.74, 6) is 0. The molecule has 0 radical (unpaired) electrons. The zero-order valence-electron chi connectivity index (χ0n) is 7.33. The van der Waals surface area contributed by atoms with E-state index < -0.39 is 0 Å². The van der Waals surface area contributed by atoms with E-state index in [1.165, 1.54) is 0 Å². The Morgan fingerprint density at radius 3 is 2.92 bits per heavy atom. The first-order valence-corrected chi connectivity index (χ1v) is 4.88. The zero-order valence-corrected chi connectivity index (χ0v) is 8.09. The molecule has 0 unspecified atom stereocenters. The first-order chi connectivity index (χ1) is 6.20. The summed E-state index contributed by atoms with van der Waals surface area (Å²) >= 11 is 5.93. The summed E-state index contributed by atoms with van der Waals surface area (Å²) in [6, 6.07) is 1.91. The molecule has 1 N–H and O–H groups in total. The first-order valence-electron chi connectivity index (χ1n) is 4.50. The highest BCUT2D eigenvalue weighted by Gasteiger charge is 2.39. The molecule has 1 aliphatic carbocycles. The Balaban J connectivity index is 1.97. The van der Waals surface area contributed by atoms with Crippen molar-refractivity contribution in [2.24, 2.45) is 0 Å². The van der Waals surface area contributed by atoms with Gasteiger partial charge in [-0.2, -0.15) is 0 Å². The molecule has 0 spiro atoms. The summed E-state index contributed by atoms with van der Waals surface area (Å²) in [6.07, 6.45) is 6.92. The number of hydrogen-bond donors (Lipinski definition) is 1. The fourth-order valence-corrected chi connectivity index (χ4v) is 1.58. The molecule has 1 heterocycles. The van der Waals surface area contributed by atoms with E-state index in [1.807, 2.05) is 6.07 Å². The van der Waals surface area contributed by atoms with Crippen molar-refractivity contribution in [1.29, 1.82) is 0 Å². The topological polar surface area (TPSA) is 33.1 Å². The second-order valence-electron chi connectivity index (χ2n) is 3.69. The highest BCUT2D eigenvalue weighted by molar-refractivity contribution is 6.31. The van der Waals surface area contributed by atoms with Crippen LogP contribution in [-0.2, 0) is 6.42 Å². The Kier molecular flexibility index (Phi) is 2.26. The van der Waals surface area contributed by atoms with Gasteiger partial charge in [0.25, 0.3) is 0 Å². The van der Waals surface area contributed by atoms with Crippen LogP contribution in [0.4, 0.5) is 0 Å². The van der Waals surface area contributed by atoms with Crippen LogP contribution in [0.15, 0.2) is 18.5 Å². The molecule has 2 nitrogen and oxygen atoms in total. The van der Waals surface area contributed by atoms with Crippen molar-refractivity contribution < 1.29 is 5.11 Å². The number of halogens is 1. The summed E-state index contributed by atoms with van der Waals surface area (Å²) < 4.78 is 0. The third kappa shape index (κ3) is 2.20. The van der Waals surface area contributed by atoms with Crippen LogP contribution in [-0.4, -0.2) is 15.7 Å². The quantitative estimate of drug-likeness (QED) is 0.806. The molecule has 0 bridgehead atoms. The maximum absolute atomic E-state index is 9.62. The summed E-state index contributed by atoms with van der Waals surface area (Å²) in [5.41, 5.74) is 0.698. The van der Waals surface area contributed by atoms with Gasteiger partial charge in [-0.25, -0.2) is 0 Å². The van der Waals surface area contributed by atoms with Crippen LogP contribution in [0.5, 0.6) is 0 Å². The second-order valence-corrected chi connectivity index (χ2v) is 4.10. The van der Waals surface area contributed by atoms with Gasteiger partial charge in [-0.15, -0.1) is 0 Å². The standard InChI is InChI=1S/C10H12ClNO/c11-9-7-12-6-2-8(9)1-3-10(13)4-5-10/h2,6-7,13H,1,3-5H2. The van der Waals surface area contributed by atoms with Gasteiger partial charge in [0.05, 0.1) is 10.6 Å². The normalized spacial score (nSPS) is 18.6. The lowest BCUT2D eigenvalue weighted by Crippen LogP contribution is -2.07. The fraction of sp³-hybridized carbons (Fsp3) is 0.500. The van der Waals surface area contributed by atoms with E-state index >= 15 is 0 Å². The highest BCUT2D eigenvalue weighted by Crippen LogP contribution is 2.39. The maximum Gasteiger partial charge on any atom is 0.0653 e. The molecule has 1 fully saturated rings. The lowest BCUT2D eigenvalue weighted by molar-refractivity contribution is 0.140. The van der Waals surface area contributed by atoms with Crippen LogP contribution in [0.2, 0.25) is 5.02 Å². The second kappa shape index (κ2) is 3.28. The number of aryl methyl sites for hydroxylation is 1. The minimum Gasteiger partial charge on any atom is -0.390 e. The van der Waals surface area contributed by atoms with E-state index in [2.05, 4.69) is 4.98 Å². The summed E-state index contributed by atoms with van der Waals surface area (Å²) in [7, 11) is 0. The number of hydrogen-bond acceptors (Lipinski definition) is 2. The third-order valence-electron chi connectivity index (χ3n) is 2.54. The van der Waals surface area contributed by atoms with Gasteiger partial charge < -0.3 is 5.11 Å². The van der Waals surface area contributed by atoms with Gasteiger partial charge in [0.1, 0.15) is 0 Å². The van der Waals surface area contributed by atoms with Gasteiger partial charge in [0.15, 0.2) is 0 Å². The Morgan fingerprint density at radius 2 is 2.31 bits per heavy atom. The van der Waals surface area contributed by atoms with Gasteiger partial charge >= 0.3 is 0 Å². The predicted octanol–water partition coefficient (Wildman–Crippen LogP) is 2.19. The fourth-order valence-electron chi connectivity index (χ4n) is 1.37. The lowest BCUT2D eigenvalue weighted by atomic mass is 10.1. The Morgan fingerprint density at radius 1 is 1.54 bits per heavy atom. The number of rotatable bonds is 3. The van der Waals surface area contributed by atoms with Crippen molar-refractivity contribution in [3.63, 3.8) is 0 Å². The largest absolute Gasteiger partial charge is 0.390 e. The molecule has 0 atom stereocenters. The molecule has 70 valence electrons. The lowest BCUT2D eigenvalue weighted by Gasteiger charge is -2.07. The maximum atomic E-state index is 9.62. The molecule has 13 heavy (non-hydrogen) atoms. The Bertz CT molecular complexity index is 310. The van der Waals surface area contributed by atoms with Crippen LogP contribution in [0.1, 0.15) is 24.8 Å². The molecule has 3 heteroatoms. The monoisotopic (exact) mass is 197 g/mol. The van der Waals surface area contributed by atoms with E-state index in [9.17, 15) is 5.11 Å². The minimum absolute atomic E-state index is 0.382.